The van der Waals surface area contributed by atoms with Crippen molar-refractivity contribution in [3.63, 3.8) is 0 Å². The van der Waals surface area contributed by atoms with E-state index in [0.717, 1.165) is 5.56 Å². The number of rotatable bonds is 4. The van der Waals surface area contributed by atoms with Crippen LogP contribution in [0.25, 0.3) is 0 Å². The Kier molecular flexibility index (Phi) is 3.83. The van der Waals surface area contributed by atoms with Crippen LogP contribution < -0.4 is 0 Å². The van der Waals surface area contributed by atoms with E-state index < -0.39 is 18.1 Å². The van der Waals surface area contributed by atoms with Crippen LogP contribution in [0.4, 0.5) is 4.39 Å². The summed E-state index contributed by atoms with van der Waals surface area (Å²) in [4.78, 5) is 10.9. The molecular formula is C12H15FO2. The number of hydrogen-bond acceptors (Lipinski definition) is 1. The zero-order chi connectivity index (χ0) is 11.4. The molecule has 0 amide bonds. The minimum atomic E-state index is -1.01. The zero-order valence-corrected chi connectivity index (χ0v) is 8.90. The number of aliphatic carboxylic acids is 1. The van der Waals surface area contributed by atoms with Gasteiger partial charge in [0.1, 0.15) is 6.17 Å². The molecule has 82 valence electrons. The summed E-state index contributed by atoms with van der Waals surface area (Å²) in [5.41, 5.74) is 1.31. The molecule has 1 aromatic carbocycles. The van der Waals surface area contributed by atoms with Crippen LogP contribution >= 0.6 is 0 Å². The number of carbonyl (C=O) groups is 1. The Morgan fingerprint density at radius 1 is 1.33 bits per heavy atom. The van der Waals surface area contributed by atoms with Gasteiger partial charge < -0.3 is 5.11 Å². The Morgan fingerprint density at radius 2 is 1.80 bits per heavy atom. The van der Waals surface area contributed by atoms with E-state index in [4.69, 9.17) is 5.11 Å². The molecule has 0 spiro atoms. The molecule has 0 aliphatic carbocycles. The van der Waals surface area contributed by atoms with E-state index >= 15 is 0 Å². The third-order valence-corrected chi connectivity index (χ3v) is 2.50. The highest BCUT2D eigenvalue weighted by Gasteiger charge is 2.17. The number of halogens is 1. The van der Waals surface area contributed by atoms with Gasteiger partial charge in [0.15, 0.2) is 0 Å². The molecule has 0 heterocycles. The lowest BCUT2D eigenvalue weighted by Gasteiger charge is -2.11. The van der Waals surface area contributed by atoms with Crippen molar-refractivity contribution in [3.8, 4) is 0 Å². The summed E-state index contributed by atoms with van der Waals surface area (Å²) in [6, 6.07) is 6.67. The second-order valence-electron chi connectivity index (χ2n) is 3.58. The zero-order valence-electron chi connectivity index (χ0n) is 8.90. The minimum Gasteiger partial charge on any atom is -0.481 e. The van der Waals surface area contributed by atoms with E-state index in [1.165, 1.54) is 6.92 Å². The standard InChI is InChI=1S/C12H15FO2/c1-3-11(12(14)15)10-6-4-9(5-7-10)8(2)13/h4-8,11H,3H2,1-2H3,(H,14,15). The van der Waals surface area contributed by atoms with E-state index in [9.17, 15) is 9.18 Å². The van der Waals surface area contributed by atoms with Crippen molar-refractivity contribution in [1.82, 2.24) is 0 Å². The molecular weight excluding hydrogens is 195 g/mol. The monoisotopic (exact) mass is 210 g/mol. The second-order valence-corrected chi connectivity index (χ2v) is 3.58. The molecule has 3 heteroatoms. The highest BCUT2D eigenvalue weighted by atomic mass is 19.1. The summed E-state index contributed by atoms with van der Waals surface area (Å²) >= 11 is 0. The van der Waals surface area contributed by atoms with Crippen molar-refractivity contribution < 1.29 is 14.3 Å². The topological polar surface area (TPSA) is 37.3 Å². The first-order chi connectivity index (χ1) is 7.06. The summed E-state index contributed by atoms with van der Waals surface area (Å²) in [7, 11) is 0. The average molecular weight is 210 g/mol. The summed E-state index contributed by atoms with van der Waals surface area (Å²) in [6.07, 6.45) is -0.469. The molecule has 2 nitrogen and oxygen atoms in total. The molecule has 0 bridgehead atoms. The number of carboxylic acid groups (broad SMARTS) is 1. The molecule has 0 aliphatic rings. The number of carboxylic acids is 1. The van der Waals surface area contributed by atoms with Gasteiger partial charge in [0.25, 0.3) is 0 Å². The summed E-state index contributed by atoms with van der Waals surface area (Å²) < 4.78 is 12.9. The molecule has 0 fully saturated rings. The predicted molar refractivity (Wildman–Crippen MR) is 56.6 cm³/mol. The van der Waals surface area contributed by atoms with Crippen molar-refractivity contribution in [2.24, 2.45) is 0 Å². The summed E-state index contributed by atoms with van der Waals surface area (Å²) in [5.74, 6) is -1.33. The van der Waals surface area contributed by atoms with E-state index in [-0.39, 0.29) is 0 Å². The summed E-state index contributed by atoms with van der Waals surface area (Å²) in [5, 5.41) is 8.93. The van der Waals surface area contributed by atoms with Crippen LogP contribution in [0.1, 0.15) is 43.5 Å². The minimum absolute atomic E-state index is 0.492. The molecule has 2 atom stereocenters. The van der Waals surface area contributed by atoms with Crippen LogP contribution in [0.5, 0.6) is 0 Å². The van der Waals surface area contributed by atoms with Gasteiger partial charge in [-0.1, -0.05) is 31.2 Å². The SMILES string of the molecule is CCC(C(=O)O)c1ccc(C(C)F)cc1. The predicted octanol–water partition coefficient (Wildman–Crippen LogP) is 3.30. The fourth-order valence-corrected chi connectivity index (χ4v) is 1.55. The van der Waals surface area contributed by atoms with Gasteiger partial charge in [-0.15, -0.1) is 0 Å². The first kappa shape index (κ1) is 11.7. The normalized spacial score (nSPS) is 14.6. The lowest BCUT2D eigenvalue weighted by atomic mass is 9.95. The van der Waals surface area contributed by atoms with Crippen LogP contribution in [0.15, 0.2) is 24.3 Å². The average Bonchev–Trinajstić information content (AvgIpc) is 2.19. The van der Waals surface area contributed by atoms with Crippen molar-refractivity contribution >= 4 is 5.97 Å². The summed E-state index contributed by atoms with van der Waals surface area (Å²) in [6.45, 7) is 3.29. The maximum atomic E-state index is 12.9. The number of benzene rings is 1. The first-order valence-electron chi connectivity index (χ1n) is 5.03. The van der Waals surface area contributed by atoms with Crippen LogP contribution in [0.3, 0.4) is 0 Å². The molecule has 0 saturated carbocycles. The van der Waals surface area contributed by atoms with E-state index in [1.54, 1.807) is 24.3 Å². The molecule has 0 saturated heterocycles. The maximum Gasteiger partial charge on any atom is 0.310 e. The van der Waals surface area contributed by atoms with Crippen LogP contribution in [0, 0.1) is 0 Å². The quantitative estimate of drug-likeness (QED) is 0.827. The molecule has 0 aromatic heterocycles. The Morgan fingerprint density at radius 3 is 2.13 bits per heavy atom. The van der Waals surface area contributed by atoms with Gasteiger partial charge in [0.05, 0.1) is 5.92 Å². The van der Waals surface area contributed by atoms with Gasteiger partial charge in [-0.3, -0.25) is 4.79 Å². The molecule has 1 aromatic rings. The molecule has 1 N–H and O–H groups in total. The van der Waals surface area contributed by atoms with Gasteiger partial charge in [0.2, 0.25) is 0 Å². The van der Waals surface area contributed by atoms with Gasteiger partial charge in [-0.05, 0) is 24.5 Å². The Balaban J connectivity index is 2.92. The molecule has 2 unspecified atom stereocenters. The second kappa shape index (κ2) is 4.91. The van der Waals surface area contributed by atoms with E-state index in [0.29, 0.717) is 12.0 Å². The fourth-order valence-electron chi connectivity index (χ4n) is 1.55. The number of hydrogen-bond donors (Lipinski definition) is 1. The smallest absolute Gasteiger partial charge is 0.310 e. The molecule has 1 rings (SSSR count). The van der Waals surface area contributed by atoms with Gasteiger partial charge in [0, 0.05) is 0 Å². The largest absolute Gasteiger partial charge is 0.481 e. The third-order valence-electron chi connectivity index (χ3n) is 2.50. The molecule has 0 radical (unpaired) electrons. The van der Waals surface area contributed by atoms with E-state index in [2.05, 4.69) is 0 Å². The Bertz CT molecular complexity index is 330. The third kappa shape index (κ3) is 2.78. The fraction of sp³-hybridized carbons (Fsp3) is 0.417. The van der Waals surface area contributed by atoms with Gasteiger partial charge in [-0.2, -0.15) is 0 Å². The van der Waals surface area contributed by atoms with Crippen LogP contribution in [0.2, 0.25) is 0 Å². The lowest BCUT2D eigenvalue weighted by Crippen LogP contribution is -2.10. The van der Waals surface area contributed by atoms with Gasteiger partial charge in [-0.25, -0.2) is 4.39 Å². The van der Waals surface area contributed by atoms with Crippen molar-refractivity contribution in [3.05, 3.63) is 35.4 Å². The molecule has 0 aliphatic heterocycles. The maximum absolute atomic E-state index is 12.9. The number of alkyl halides is 1. The van der Waals surface area contributed by atoms with Crippen molar-refractivity contribution in [2.75, 3.05) is 0 Å². The van der Waals surface area contributed by atoms with Crippen molar-refractivity contribution in [2.45, 2.75) is 32.4 Å². The highest BCUT2D eigenvalue weighted by molar-refractivity contribution is 5.75. The lowest BCUT2D eigenvalue weighted by molar-refractivity contribution is -0.138. The first-order valence-corrected chi connectivity index (χ1v) is 5.03. The van der Waals surface area contributed by atoms with Crippen LogP contribution in [-0.2, 0) is 4.79 Å². The Hall–Kier alpha value is -1.38. The van der Waals surface area contributed by atoms with E-state index in [1.807, 2.05) is 6.92 Å². The van der Waals surface area contributed by atoms with Crippen molar-refractivity contribution in [1.29, 1.82) is 0 Å². The highest BCUT2D eigenvalue weighted by Crippen LogP contribution is 2.23. The van der Waals surface area contributed by atoms with Gasteiger partial charge >= 0.3 is 5.97 Å². The van der Waals surface area contributed by atoms with Crippen LogP contribution in [-0.4, -0.2) is 11.1 Å². The molecule has 15 heavy (non-hydrogen) atoms. The Labute approximate surface area is 88.7 Å².